The van der Waals surface area contributed by atoms with Gasteiger partial charge < -0.3 is 8.85 Å². The zero-order valence-electron chi connectivity index (χ0n) is 5.60. The van der Waals surface area contributed by atoms with Crippen molar-refractivity contribution in [1.82, 2.24) is 0 Å². The number of hydrogen-bond acceptors (Lipinski definition) is 2. The molecule has 0 bridgehead atoms. The van der Waals surface area contributed by atoms with Crippen LogP contribution in [0.5, 0.6) is 0 Å². The standard InChI is InChI=1S/C5H12O2Si.2CH4/c1-5-8(4,6-2)7-3;;/h5H,1H2,2-4H3;2*1H4. The van der Waals surface area contributed by atoms with Crippen molar-refractivity contribution in [2.24, 2.45) is 0 Å². The molecule has 64 valence electrons. The molecule has 0 saturated carbocycles. The minimum atomic E-state index is -1.91. The van der Waals surface area contributed by atoms with Crippen LogP contribution in [0.3, 0.4) is 0 Å². The van der Waals surface area contributed by atoms with Gasteiger partial charge in [-0.1, -0.05) is 14.9 Å². The lowest BCUT2D eigenvalue weighted by Gasteiger charge is -2.16. The third kappa shape index (κ3) is 4.73. The first-order valence-corrected chi connectivity index (χ1v) is 4.82. The maximum Gasteiger partial charge on any atom is 0.360 e. The molecule has 0 heterocycles. The van der Waals surface area contributed by atoms with E-state index in [-0.39, 0.29) is 14.9 Å². The van der Waals surface area contributed by atoms with Crippen LogP contribution in [0, 0.1) is 0 Å². The van der Waals surface area contributed by atoms with Gasteiger partial charge in [-0.2, -0.15) is 0 Å². The molecule has 0 amide bonds. The van der Waals surface area contributed by atoms with Crippen LogP contribution in [0.25, 0.3) is 0 Å². The molecule has 0 spiro atoms. The minimum absolute atomic E-state index is 0. The summed E-state index contributed by atoms with van der Waals surface area (Å²) in [7, 11) is 1.37. The molecule has 0 rings (SSSR count). The lowest BCUT2D eigenvalue weighted by Crippen LogP contribution is -2.33. The predicted molar refractivity (Wildman–Crippen MR) is 49.3 cm³/mol. The second-order valence-electron chi connectivity index (χ2n) is 1.63. The smallest absolute Gasteiger partial charge is 0.360 e. The highest BCUT2D eigenvalue weighted by atomic mass is 28.4. The topological polar surface area (TPSA) is 18.5 Å². The maximum absolute atomic E-state index is 5.03. The van der Waals surface area contributed by atoms with Gasteiger partial charge in [0.25, 0.3) is 0 Å². The van der Waals surface area contributed by atoms with Crippen LogP contribution in [-0.4, -0.2) is 22.8 Å². The van der Waals surface area contributed by atoms with Gasteiger partial charge in [-0.05, 0) is 12.2 Å². The van der Waals surface area contributed by atoms with E-state index >= 15 is 0 Å². The van der Waals surface area contributed by atoms with Crippen LogP contribution in [-0.2, 0) is 8.85 Å². The zero-order chi connectivity index (χ0) is 6.62. The molecule has 2 nitrogen and oxygen atoms in total. The van der Waals surface area contributed by atoms with E-state index in [1.165, 1.54) is 0 Å². The highest BCUT2D eigenvalue weighted by molar-refractivity contribution is 6.71. The molecule has 0 unspecified atom stereocenters. The Morgan fingerprint density at radius 2 is 1.50 bits per heavy atom. The monoisotopic (exact) mass is 164 g/mol. The molecule has 10 heavy (non-hydrogen) atoms. The molecule has 0 atom stereocenters. The molecule has 0 aliphatic carbocycles. The molecule has 0 aliphatic rings. The quantitative estimate of drug-likeness (QED) is 0.596. The summed E-state index contributed by atoms with van der Waals surface area (Å²) in [6, 6.07) is 0. The largest absolute Gasteiger partial charge is 0.395 e. The van der Waals surface area contributed by atoms with Crippen molar-refractivity contribution >= 4 is 8.56 Å². The van der Waals surface area contributed by atoms with Gasteiger partial charge in [-0.15, -0.1) is 6.58 Å². The van der Waals surface area contributed by atoms with E-state index in [0.29, 0.717) is 0 Å². The van der Waals surface area contributed by atoms with Crippen LogP contribution >= 0.6 is 0 Å². The van der Waals surface area contributed by atoms with Crippen molar-refractivity contribution in [1.29, 1.82) is 0 Å². The van der Waals surface area contributed by atoms with Gasteiger partial charge in [-0.3, -0.25) is 0 Å². The van der Waals surface area contributed by atoms with Gasteiger partial charge >= 0.3 is 8.56 Å². The second-order valence-corrected chi connectivity index (χ2v) is 4.88. The summed E-state index contributed by atoms with van der Waals surface area (Å²) in [5, 5.41) is 0. The van der Waals surface area contributed by atoms with Gasteiger partial charge in [0.1, 0.15) is 0 Å². The van der Waals surface area contributed by atoms with Crippen molar-refractivity contribution in [2.75, 3.05) is 14.2 Å². The first-order valence-electron chi connectivity index (χ1n) is 2.42. The lowest BCUT2D eigenvalue weighted by atomic mass is 11.3. The average molecular weight is 164 g/mol. The summed E-state index contributed by atoms with van der Waals surface area (Å²) in [6.45, 7) is 5.52. The van der Waals surface area contributed by atoms with Crippen molar-refractivity contribution in [3.63, 3.8) is 0 Å². The molecule has 0 radical (unpaired) electrons. The third-order valence-corrected chi connectivity index (χ3v) is 3.54. The van der Waals surface area contributed by atoms with Crippen molar-refractivity contribution < 1.29 is 8.85 Å². The SMILES string of the molecule is C.C.C=C[Si](C)(OC)OC. The summed E-state index contributed by atoms with van der Waals surface area (Å²) in [5.41, 5.74) is 1.74. The fourth-order valence-corrected chi connectivity index (χ4v) is 0.750. The Labute approximate surface area is 66.1 Å². The maximum atomic E-state index is 5.03. The number of hydrogen-bond donors (Lipinski definition) is 0. The predicted octanol–water partition coefficient (Wildman–Crippen LogP) is 2.35. The highest BCUT2D eigenvalue weighted by Crippen LogP contribution is 2.02. The normalized spacial score (nSPS) is 9.10. The Hall–Kier alpha value is -0.123. The van der Waals surface area contributed by atoms with E-state index in [1.807, 2.05) is 6.55 Å². The zero-order valence-corrected chi connectivity index (χ0v) is 6.60. The summed E-state index contributed by atoms with van der Waals surface area (Å²) in [5.74, 6) is 0. The first-order chi connectivity index (χ1) is 3.68. The van der Waals surface area contributed by atoms with E-state index in [1.54, 1.807) is 19.9 Å². The molecule has 0 aromatic heterocycles. The Morgan fingerprint density at radius 1 is 1.20 bits per heavy atom. The average Bonchev–Trinajstić information content (AvgIpc) is 1.87. The van der Waals surface area contributed by atoms with Gasteiger partial charge in [-0.25, -0.2) is 0 Å². The van der Waals surface area contributed by atoms with Crippen molar-refractivity contribution in [3.8, 4) is 0 Å². The minimum Gasteiger partial charge on any atom is -0.395 e. The highest BCUT2D eigenvalue weighted by Gasteiger charge is 2.22. The van der Waals surface area contributed by atoms with Gasteiger partial charge in [0, 0.05) is 14.2 Å². The summed E-state index contributed by atoms with van der Waals surface area (Å²) in [4.78, 5) is 0. The van der Waals surface area contributed by atoms with Crippen LogP contribution in [0.4, 0.5) is 0 Å². The molecule has 3 heteroatoms. The Morgan fingerprint density at radius 3 is 1.50 bits per heavy atom. The fraction of sp³-hybridized carbons (Fsp3) is 0.714. The van der Waals surface area contributed by atoms with Gasteiger partial charge in [0.05, 0.1) is 0 Å². The molecule has 0 N–H and O–H groups in total. The Kier molecular flexibility index (Phi) is 11.5. The molecule has 0 aromatic carbocycles. The van der Waals surface area contributed by atoms with Crippen LogP contribution in [0.15, 0.2) is 12.3 Å². The molecular formula is C7H20O2Si. The molecule has 0 aliphatic heterocycles. The van der Waals surface area contributed by atoms with Crippen molar-refractivity contribution in [2.45, 2.75) is 21.4 Å². The fourth-order valence-electron chi connectivity index (χ4n) is 0.250. The van der Waals surface area contributed by atoms with Gasteiger partial charge in [0.2, 0.25) is 0 Å². The van der Waals surface area contributed by atoms with E-state index in [2.05, 4.69) is 6.58 Å². The van der Waals surface area contributed by atoms with Crippen LogP contribution in [0.1, 0.15) is 14.9 Å². The second kappa shape index (κ2) is 6.99. The molecule has 0 aromatic rings. The van der Waals surface area contributed by atoms with E-state index in [0.717, 1.165) is 0 Å². The van der Waals surface area contributed by atoms with E-state index in [4.69, 9.17) is 8.85 Å². The van der Waals surface area contributed by atoms with E-state index in [9.17, 15) is 0 Å². The third-order valence-electron chi connectivity index (χ3n) is 1.18. The van der Waals surface area contributed by atoms with Crippen LogP contribution in [0.2, 0.25) is 6.55 Å². The lowest BCUT2D eigenvalue weighted by molar-refractivity contribution is 0.264. The summed E-state index contributed by atoms with van der Waals surface area (Å²) >= 11 is 0. The van der Waals surface area contributed by atoms with Gasteiger partial charge in [0.15, 0.2) is 0 Å². The molecular weight excluding hydrogens is 144 g/mol. The van der Waals surface area contributed by atoms with E-state index < -0.39 is 8.56 Å². The summed E-state index contributed by atoms with van der Waals surface area (Å²) in [6.07, 6.45) is 0. The van der Waals surface area contributed by atoms with Crippen LogP contribution < -0.4 is 0 Å². The Balaban J connectivity index is -0.000000245. The number of rotatable bonds is 3. The Bertz CT molecular complexity index is 79.7. The van der Waals surface area contributed by atoms with Crippen molar-refractivity contribution in [3.05, 3.63) is 12.3 Å². The summed E-state index contributed by atoms with van der Waals surface area (Å²) < 4.78 is 10.1. The molecule has 0 fully saturated rings. The first kappa shape index (κ1) is 16.5. The molecule has 0 saturated heterocycles.